The second kappa shape index (κ2) is 8.03. The van der Waals surface area contributed by atoms with E-state index < -0.39 is 0 Å². The molecular weight excluding hydrogens is 306 g/mol. The number of hydrogen-bond acceptors (Lipinski definition) is 6. The van der Waals surface area contributed by atoms with Gasteiger partial charge in [0.2, 0.25) is 5.91 Å². The largest absolute Gasteiger partial charge is 0.395 e. The monoisotopic (exact) mass is 329 g/mol. The molecule has 1 aliphatic heterocycles. The molecule has 128 valence electrons. The van der Waals surface area contributed by atoms with E-state index in [0.717, 1.165) is 42.9 Å². The third-order valence-corrected chi connectivity index (χ3v) is 4.32. The normalized spacial score (nSPS) is 15.6. The summed E-state index contributed by atoms with van der Waals surface area (Å²) in [5.74, 6) is 0.922. The van der Waals surface area contributed by atoms with Gasteiger partial charge < -0.3 is 15.3 Å². The van der Waals surface area contributed by atoms with Gasteiger partial charge in [0.15, 0.2) is 0 Å². The van der Waals surface area contributed by atoms with E-state index in [2.05, 4.69) is 20.2 Å². The molecule has 24 heavy (non-hydrogen) atoms. The van der Waals surface area contributed by atoms with E-state index in [1.165, 1.54) is 6.33 Å². The Morgan fingerprint density at radius 3 is 2.75 bits per heavy atom. The Kier molecular flexibility index (Phi) is 5.55. The van der Waals surface area contributed by atoms with Crippen LogP contribution in [0, 0.1) is 0 Å². The van der Waals surface area contributed by atoms with Gasteiger partial charge in [0.25, 0.3) is 0 Å². The maximum absolute atomic E-state index is 12.3. The molecule has 7 nitrogen and oxygen atoms in total. The zero-order chi connectivity index (χ0) is 16.8. The van der Waals surface area contributed by atoms with Crippen molar-refractivity contribution in [3.8, 4) is 0 Å². The maximum atomic E-state index is 12.3. The van der Waals surface area contributed by atoms with Crippen molar-refractivity contribution < 1.29 is 9.90 Å². The second-order valence-electron chi connectivity index (χ2n) is 5.86. The summed E-state index contributed by atoms with van der Waals surface area (Å²) < 4.78 is 0. The Morgan fingerprint density at radius 1 is 1.17 bits per heavy atom. The van der Waals surface area contributed by atoms with E-state index in [0.29, 0.717) is 19.5 Å². The number of aromatic nitrogens is 2. The molecule has 0 spiro atoms. The highest BCUT2D eigenvalue weighted by atomic mass is 16.3. The predicted octanol–water partition coefficient (Wildman–Crippen LogP) is 0.568. The number of para-hydroxylation sites is 1. The van der Waals surface area contributed by atoms with Gasteiger partial charge in [0.05, 0.1) is 12.1 Å². The Bertz CT molecular complexity index is 680. The van der Waals surface area contributed by atoms with Crippen LogP contribution in [-0.4, -0.2) is 76.7 Å². The molecule has 3 rings (SSSR count). The number of β-amino-alcohol motifs (C(OH)–C–C–N with tert-alkyl or cyclic N) is 1. The van der Waals surface area contributed by atoms with Crippen LogP contribution in [0.2, 0.25) is 0 Å². The fraction of sp³-hybridized carbons (Fsp3) is 0.471. The van der Waals surface area contributed by atoms with Gasteiger partial charge in [-0.2, -0.15) is 0 Å². The number of aliphatic hydroxyl groups excluding tert-OH is 1. The third-order valence-electron chi connectivity index (χ3n) is 4.32. The van der Waals surface area contributed by atoms with Crippen molar-refractivity contribution in [3.63, 3.8) is 0 Å². The number of nitrogens with zero attached hydrogens (tertiary/aromatic N) is 4. The lowest BCUT2D eigenvalue weighted by Crippen LogP contribution is -2.49. The molecule has 0 saturated carbocycles. The molecule has 2 N–H and O–H groups in total. The number of amides is 1. The summed E-state index contributed by atoms with van der Waals surface area (Å²) in [6.07, 6.45) is 1.98. The van der Waals surface area contributed by atoms with Crippen LogP contribution in [0.5, 0.6) is 0 Å². The number of aliphatic hydroxyl groups is 1. The standard InChI is InChI=1S/C17H23N5O2/c23-12-11-21-7-9-22(10-8-21)16(24)5-6-18-17-14-3-1-2-4-15(14)19-13-20-17/h1-4,13,23H,5-12H2,(H,18,19,20). The number of carbonyl (C=O) groups is 1. The van der Waals surface area contributed by atoms with Crippen LogP contribution in [0.1, 0.15) is 6.42 Å². The number of rotatable bonds is 6. The van der Waals surface area contributed by atoms with Crippen molar-refractivity contribution in [1.82, 2.24) is 19.8 Å². The third kappa shape index (κ3) is 3.98. The average molecular weight is 329 g/mol. The van der Waals surface area contributed by atoms with Crippen LogP contribution < -0.4 is 5.32 Å². The Labute approximate surface area is 141 Å². The minimum atomic E-state index is 0.157. The molecule has 1 amide bonds. The minimum Gasteiger partial charge on any atom is -0.395 e. The smallest absolute Gasteiger partial charge is 0.224 e. The molecule has 1 aromatic carbocycles. The van der Waals surface area contributed by atoms with E-state index in [1.807, 2.05) is 29.2 Å². The van der Waals surface area contributed by atoms with Crippen LogP contribution in [0.25, 0.3) is 10.9 Å². The molecule has 1 saturated heterocycles. The number of carbonyl (C=O) groups excluding carboxylic acids is 1. The lowest BCUT2D eigenvalue weighted by atomic mass is 10.2. The molecule has 0 unspecified atom stereocenters. The first kappa shape index (κ1) is 16.6. The zero-order valence-corrected chi connectivity index (χ0v) is 13.7. The van der Waals surface area contributed by atoms with Crippen LogP contribution in [0.4, 0.5) is 5.82 Å². The van der Waals surface area contributed by atoms with Crippen LogP contribution in [-0.2, 0) is 4.79 Å². The topological polar surface area (TPSA) is 81.6 Å². The minimum absolute atomic E-state index is 0.157. The summed E-state index contributed by atoms with van der Waals surface area (Å²) >= 11 is 0. The summed E-state index contributed by atoms with van der Waals surface area (Å²) in [6, 6.07) is 7.81. The molecule has 2 aromatic rings. The molecule has 1 aromatic heterocycles. The lowest BCUT2D eigenvalue weighted by molar-refractivity contribution is -0.132. The highest BCUT2D eigenvalue weighted by molar-refractivity contribution is 5.88. The molecule has 0 aliphatic carbocycles. The summed E-state index contributed by atoms with van der Waals surface area (Å²) in [6.45, 7) is 4.53. The number of fused-ring (bicyclic) bond motifs is 1. The van der Waals surface area contributed by atoms with E-state index in [9.17, 15) is 4.79 Å². The van der Waals surface area contributed by atoms with Crippen molar-refractivity contribution >= 4 is 22.6 Å². The van der Waals surface area contributed by atoms with E-state index >= 15 is 0 Å². The highest BCUT2D eigenvalue weighted by Crippen LogP contribution is 2.18. The molecule has 2 heterocycles. The lowest BCUT2D eigenvalue weighted by Gasteiger charge is -2.34. The maximum Gasteiger partial charge on any atom is 0.224 e. The summed E-state index contributed by atoms with van der Waals surface area (Å²) in [4.78, 5) is 24.9. The zero-order valence-electron chi connectivity index (χ0n) is 13.7. The highest BCUT2D eigenvalue weighted by Gasteiger charge is 2.20. The Hall–Kier alpha value is -2.25. The molecule has 7 heteroatoms. The molecule has 1 aliphatic rings. The Balaban J connectivity index is 1.48. The van der Waals surface area contributed by atoms with Crippen molar-refractivity contribution in [2.75, 3.05) is 51.2 Å². The fourth-order valence-electron chi connectivity index (χ4n) is 2.95. The number of hydrogen-bond donors (Lipinski definition) is 2. The summed E-state index contributed by atoms with van der Waals surface area (Å²) in [5, 5.41) is 13.2. The number of anilines is 1. The van der Waals surface area contributed by atoms with Gasteiger partial charge in [-0.25, -0.2) is 9.97 Å². The van der Waals surface area contributed by atoms with Crippen LogP contribution >= 0.6 is 0 Å². The van der Waals surface area contributed by atoms with Crippen LogP contribution in [0.3, 0.4) is 0 Å². The molecule has 0 atom stereocenters. The van der Waals surface area contributed by atoms with Gasteiger partial charge in [-0.05, 0) is 12.1 Å². The van der Waals surface area contributed by atoms with Crippen LogP contribution in [0.15, 0.2) is 30.6 Å². The first-order valence-corrected chi connectivity index (χ1v) is 8.32. The first-order chi connectivity index (χ1) is 11.8. The van der Waals surface area contributed by atoms with Gasteiger partial charge in [-0.1, -0.05) is 12.1 Å². The Morgan fingerprint density at radius 2 is 1.96 bits per heavy atom. The van der Waals surface area contributed by atoms with Gasteiger partial charge in [-0.15, -0.1) is 0 Å². The van der Waals surface area contributed by atoms with Gasteiger partial charge in [0, 0.05) is 51.1 Å². The first-order valence-electron chi connectivity index (χ1n) is 8.32. The van der Waals surface area contributed by atoms with Gasteiger partial charge >= 0.3 is 0 Å². The SMILES string of the molecule is O=C(CCNc1ncnc2ccccc12)N1CCN(CCO)CC1. The van der Waals surface area contributed by atoms with Crippen molar-refractivity contribution in [3.05, 3.63) is 30.6 Å². The quantitative estimate of drug-likeness (QED) is 0.806. The van der Waals surface area contributed by atoms with Gasteiger partial charge in [-0.3, -0.25) is 9.69 Å². The van der Waals surface area contributed by atoms with E-state index in [4.69, 9.17) is 5.11 Å². The predicted molar refractivity (Wildman–Crippen MR) is 92.8 cm³/mol. The summed E-state index contributed by atoms with van der Waals surface area (Å²) in [7, 11) is 0. The number of nitrogens with one attached hydrogen (secondary N) is 1. The molecule has 0 radical (unpaired) electrons. The number of piperazine rings is 1. The second-order valence-corrected chi connectivity index (χ2v) is 5.86. The average Bonchev–Trinajstić information content (AvgIpc) is 2.63. The molecular formula is C17H23N5O2. The fourth-order valence-corrected chi connectivity index (χ4v) is 2.95. The van der Waals surface area contributed by atoms with Crippen molar-refractivity contribution in [1.29, 1.82) is 0 Å². The summed E-state index contributed by atoms with van der Waals surface area (Å²) in [5.41, 5.74) is 0.890. The van der Waals surface area contributed by atoms with Gasteiger partial charge in [0.1, 0.15) is 12.1 Å². The van der Waals surface area contributed by atoms with Crippen molar-refractivity contribution in [2.45, 2.75) is 6.42 Å². The van der Waals surface area contributed by atoms with Crippen molar-refractivity contribution in [2.24, 2.45) is 0 Å². The van der Waals surface area contributed by atoms with E-state index in [-0.39, 0.29) is 12.5 Å². The molecule has 1 fully saturated rings. The number of benzene rings is 1. The molecule has 0 bridgehead atoms. The van der Waals surface area contributed by atoms with E-state index in [1.54, 1.807) is 0 Å².